The minimum absolute atomic E-state index is 0.0463. The van der Waals surface area contributed by atoms with E-state index in [-0.39, 0.29) is 11.2 Å². The van der Waals surface area contributed by atoms with Gasteiger partial charge in [-0.2, -0.15) is 0 Å². The molecule has 0 bridgehead atoms. The van der Waals surface area contributed by atoms with E-state index in [1.54, 1.807) is 11.8 Å². The van der Waals surface area contributed by atoms with Crippen LogP contribution >= 0.6 is 11.8 Å². The number of rotatable bonds is 5. The van der Waals surface area contributed by atoms with Crippen molar-refractivity contribution in [1.29, 1.82) is 0 Å². The quantitative estimate of drug-likeness (QED) is 0.765. The number of amides is 1. The number of carbonyl (C=O) groups excluding carboxylic acids is 1. The highest BCUT2D eigenvalue weighted by Gasteiger charge is 2.17. The molecule has 1 amide bonds. The third-order valence-corrected chi connectivity index (χ3v) is 4.71. The second kappa shape index (κ2) is 7.50. The van der Waals surface area contributed by atoms with Crippen LogP contribution in [0.3, 0.4) is 0 Å². The summed E-state index contributed by atoms with van der Waals surface area (Å²) >= 11 is 1.58. The Kier molecular flexibility index (Phi) is 5.67. The van der Waals surface area contributed by atoms with Crippen LogP contribution in [0.15, 0.2) is 53.4 Å². The molecule has 22 heavy (non-hydrogen) atoms. The summed E-state index contributed by atoms with van der Waals surface area (Å²) in [4.78, 5) is 13.6. The van der Waals surface area contributed by atoms with E-state index < -0.39 is 0 Å². The fourth-order valence-corrected chi connectivity index (χ4v) is 3.21. The van der Waals surface area contributed by atoms with Gasteiger partial charge >= 0.3 is 0 Å². The molecule has 2 rings (SSSR count). The summed E-state index contributed by atoms with van der Waals surface area (Å²) in [7, 11) is 0. The molecule has 116 valence electrons. The molecular formula is C19H23NOS. The van der Waals surface area contributed by atoms with Gasteiger partial charge in [-0.15, -0.1) is 11.8 Å². The molecule has 0 saturated carbocycles. The van der Waals surface area contributed by atoms with Crippen molar-refractivity contribution in [3.05, 3.63) is 59.7 Å². The van der Waals surface area contributed by atoms with Gasteiger partial charge < -0.3 is 5.32 Å². The Morgan fingerprint density at radius 1 is 1.00 bits per heavy atom. The second-order valence-corrected chi connectivity index (χ2v) is 7.17. The van der Waals surface area contributed by atoms with Crippen LogP contribution in [0.5, 0.6) is 0 Å². The fourth-order valence-electron chi connectivity index (χ4n) is 2.32. The van der Waals surface area contributed by atoms with Gasteiger partial charge in [-0.05, 0) is 43.0 Å². The zero-order valence-electron chi connectivity index (χ0n) is 13.6. The molecule has 1 N–H and O–H groups in total. The first-order chi connectivity index (χ1) is 10.5. The molecule has 3 heteroatoms. The summed E-state index contributed by atoms with van der Waals surface area (Å²) < 4.78 is 0. The number of carbonyl (C=O) groups is 1. The van der Waals surface area contributed by atoms with Crippen molar-refractivity contribution in [2.75, 3.05) is 5.32 Å². The van der Waals surface area contributed by atoms with Crippen LogP contribution < -0.4 is 5.32 Å². The first-order valence-electron chi connectivity index (χ1n) is 7.61. The lowest BCUT2D eigenvalue weighted by Crippen LogP contribution is -2.23. The number of nitrogens with one attached hydrogen (secondary N) is 1. The molecular weight excluding hydrogens is 290 g/mol. The molecule has 0 saturated heterocycles. The van der Waals surface area contributed by atoms with Crippen molar-refractivity contribution in [2.45, 2.75) is 43.8 Å². The molecule has 0 aliphatic heterocycles. The highest BCUT2D eigenvalue weighted by atomic mass is 32.2. The van der Waals surface area contributed by atoms with E-state index in [1.165, 1.54) is 5.56 Å². The molecule has 0 radical (unpaired) electrons. The van der Waals surface area contributed by atoms with Crippen LogP contribution in [-0.2, 0) is 4.79 Å². The van der Waals surface area contributed by atoms with Crippen LogP contribution in [0, 0.1) is 6.92 Å². The molecule has 0 heterocycles. The number of para-hydroxylation sites is 1. The van der Waals surface area contributed by atoms with Crippen LogP contribution in [-0.4, -0.2) is 11.2 Å². The molecule has 1 atom stereocenters. The van der Waals surface area contributed by atoms with E-state index in [0.717, 1.165) is 16.1 Å². The molecule has 1 unspecified atom stereocenters. The number of aryl methyl sites for hydroxylation is 1. The van der Waals surface area contributed by atoms with E-state index in [1.807, 2.05) is 56.3 Å². The number of benzene rings is 2. The third-order valence-electron chi connectivity index (χ3n) is 3.60. The van der Waals surface area contributed by atoms with Gasteiger partial charge in [0.1, 0.15) is 0 Å². The van der Waals surface area contributed by atoms with Gasteiger partial charge in [0.05, 0.1) is 5.25 Å². The van der Waals surface area contributed by atoms with E-state index in [4.69, 9.17) is 0 Å². The predicted octanol–water partition coefficient (Wildman–Crippen LogP) is 5.24. The van der Waals surface area contributed by atoms with Crippen molar-refractivity contribution in [3.8, 4) is 0 Å². The topological polar surface area (TPSA) is 29.1 Å². The Balaban J connectivity index is 2.12. The second-order valence-electron chi connectivity index (χ2n) is 5.76. The minimum Gasteiger partial charge on any atom is -0.325 e. The Morgan fingerprint density at radius 2 is 1.68 bits per heavy atom. The number of thioether (sulfide) groups is 1. The normalized spacial score (nSPS) is 12.2. The van der Waals surface area contributed by atoms with Gasteiger partial charge in [0.25, 0.3) is 0 Å². The zero-order chi connectivity index (χ0) is 16.1. The molecule has 0 fully saturated rings. The molecule has 2 nitrogen and oxygen atoms in total. The monoisotopic (exact) mass is 313 g/mol. The fraction of sp³-hybridized carbons (Fsp3) is 0.316. The summed E-state index contributed by atoms with van der Waals surface area (Å²) in [5, 5.41) is 2.98. The van der Waals surface area contributed by atoms with Crippen LogP contribution in [0.1, 0.15) is 37.8 Å². The summed E-state index contributed by atoms with van der Waals surface area (Å²) in [6.07, 6.45) is 0. The van der Waals surface area contributed by atoms with Gasteiger partial charge in [0, 0.05) is 10.6 Å². The maximum absolute atomic E-state index is 12.5. The van der Waals surface area contributed by atoms with E-state index in [2.05, 4.69) is 25.2 Å². The maximum atomic E-state index is 12.5. The number of hydrogen-bond acceptors (Lipinski definition) is 2. The van der Waals surface area contributed by atoms with Crippen LogP contribution in [0.25, 0.3) is 0 Å². The van der Waals surface area contributed by atoms with Crippen LogP contribution in [0.2, 0.25) is 0 Å². The Hall–Kier alpha value is -1.74. The summed E-state index contributed by atoms with van der Waals surface area (Å²) in [6, 6.07) is 16.2. The lowest BCUT2D eigenvalue weighted by Gasteiger charge is -2.18. The van der Waals surface area contributed by atoms with Gasteiger partial charge in [-0.1, -0.05) is 50.2 Å². The average Bonchev–Trinajstić information content (AvgIpc) is 2.49. The Labute approximate surface area is 137 Å². The molecule has 0 aliphatic carbocycles. The molecule has 2 aromatic carbocycles. The van der Waals surface area contributed by atoms with Crippen molar-refractivity contribution < 1.29 is 4.79 Å². The maximum Gasteiger partial charge on any atom is 0.237 e. The van der Waals surface area contributed by atoms with Crippen molar-refractivity contribution >= 4 is 23.4 Å². The van der Waals surface area contributed by atoms with Crippen molar-refractivity contribution in [3.63, 3.8) is 0 Å². The largest absolute Gasteiger partial charge is 0.325 e. The first-order valence-corrected chi connectivity index (χ1v) is 8.49. The highest BCUT2D eigenvalue weighted by molar-refractivity contribution is 8.00. The number of hydrogen-bond donors (Lipinski definition) is 1. The Morgan fingerprint density at radius 3 is 2.32 bits per heavy atom. The van der Waals surface area contributed by atoms with Crippen molar-refractivity contribution in [1.82, 2.24) is 0 Å². The SMILES string of the molecule is Cc1cccc(C(C)C)c1NC(=O)C(C)Sc1ccccc1. The summed E-state index contributed by atoms with van der Waals surface area (Å²) in [6.45, 7) is 8.27. The lowest BCUT2D eigenvalue weighted by molar-refractivity contribution is -0.115. The first kappa shape index (κ1) is 16.6. The summed E-state index contributed by atoms with van der Waals surface area (Å²) in [5.74, 6) is 0.428. The Bertz CT molecular complexity index is 637. The van der Waals surface area contributed by atoms with Gasteiger partial charge in [0.15, 0.2) is 0 Å². The number of anilines is 1. The molecule has 0 aromatic heterocycles. The van der Waals surface area contributed by atoms with E-state index in [0.29, 0.717) is 5.92 Å². The van der Waals surface area contributed by atoms with Gasteiger partial charge in [-0.25, -0.2) is 0 Å². The molecule has 0 spiro atoms. The van der Waals surface area contributed by atoms with Gasteiger partial charge in [0.2, 0.25) is 5.91 Å². The minimum atomic E-state index is -0.137. The standard InChI is InChI=1S/C19H23NOS/c1-13(2)17-12-8-9-14(3)18(17)20-19(21)15(4)22-16-10-6-5-7-11-16/h5-13,15H,1-4H3,(H,20,21). The van der Waals surface area contributed by atoms with Crippen molar-refractivity contribution in [2.24, 2.45) is 0 Å². The van der Waals surface area contributed by atoms with Crippen LogP contribution in [0.4, 0.5) is 5.69 Å². The molecule has 2 aromatic rings. The summed E-state index contributed by atoms with van der Waals surface area (Å²) in [5.41, 5.74) is 3.25. The van der Waals surface area contributed by atoms with Gasteiger partial charge in [-0.3, -0.25) is 4.79 Å². The molecule has 0 aliphatic rings. The van der Waals surface area contributed by atoms with E-state index in [9.17, 15) is 4.79 Å². The lowest BCUT2D eigenvalue weighted by atomic mass is 9.98. The third kappa shape index (κ3) is 4.14. The zero-order valence-corrected chi connectivity index (χ0v) is 14.4. The average molecular weight is 313 g/mol. The van der Waals surface area contributed by atoms with E-state index >= 15 is 0 Å². The predicted molar refractivity (Wildman–Crippen MR) is 95.7 cm³/mol. The smallest absolute Gasteiger partial charge is 0.237 e. The highest BCUT2D eigenvalue weighted by Crippen LogP contribution is 2.29.